The molecular weight excluding hydrogens is 286 g/mol. The molecule has 0 N–H and O–H groups in total. The molecule has 4 nitrogen and oxygen atoms in total. The SMILES string of the molecule is Cc1cc(C)c(-c2cc3cnc(Cl)cc3n(C)c2=O)cn1. The van der Waals surface area contributed by atoms with Gasteiger partial charge in [-0.2, -0.15) is 0 Å². The highest BCUT2D eigenvalue weighted by Crippen LogP contribution is 2.24. The Kier molecular flexibility index (Phi) is 3.26. The van der Waals surface area contributed by atoms with Crippen LogP contribution in [0.25, 0.3) is 22.0 Å². The van der Waals surface area contributed by atoms with Gasteiger partial charge >= 0.3 is 0 Å². The van der Waals surface area contributed by atoms with Crippen molar-refractivity contribution < 1.29 is 0 Å². The average molecular weight is 300 g/mol. The van der Waals surface area contributed by atoms with Crippen LogP contribution in [0.1, 0.15) is 11.3 Å². The molecule has 0 radical (unpaired) electrons. The van der Waals surface area contributed by atoms with E-state index in [1.165, 1.54) is 0 Å². The number of rotatable bonds is 1. The highest BCUT2D eigenvalue weighted by molar-refractivity contribution is 6.30. The summed E-state index contributed by atoms with van der Waals surface area (Å²) in [4.78, 5) is 21.0. The van der Waals surface area contributed by atoms with Gasteiger partial charge in [0.15, 0.2) is 0 Å². The number of fused-ring (bicyclic) bond motifs is 1. The number of hydrogen-bond acceptors (Lipinski definition) is 3. The van der Waals surface area contributed by atoms with Crippen molar-refractivity contribution >= 4 is 22.5 Å². The van der Waals surface area contributed by atoms with Crippen LogP contribution in [0.4, 0.5) is 0 Å². The first kappa shape index (κ1) is 13.8. The first-order valence-corrected chi connectivity index (χ1v) is 6.94. The summed E-state index contributed by atoms with van der Waals surface area (Å²) in [5.74, 6) is 0. The fraction of sp³-hybridized carbons (Fsp3) is 0.188. The second-order valence-electron chi connectivity index (χ2n) is 5.13. The molecule has 3 aromatic rings. The van der Waals surface area contributed by atoms with Gasteiger partial charge in [0.1, 0.15) is 5.15 Å². The summed E-state index contributed by atoms with van der Waals surface area (Å²) < 4.78 is 1.59. The number of nitrogens with zero attached hydrogens (tertiary/aromatic N) is 3. The smallest absolute Gasteiger partial charge is 0.258 e. The van der Waals surface area contributed by atoms with Crippen LogP contribution < -0.4 is 5.56 Å². The molecule has 0 aliphatic carbocycles. The third-order valence-corrected chi connectivity index (χ3v) is 3.82. The van der Waals surface area contributed by atoms with Gasteiger partial charge in [-0.1, -0.05) is 11.6 Å². The van der Waals surface area contributed by atoms with Crippen molar-refractivity contribution in [3.05, 3.63) is 57.4 Å². The van der Waals surface area contributed by atoms with E-state index in [9.17, 15) is 4.79 Å². The van der Waals surface area contributed by atoms with E-state index >= 15 is 0 Å². The van der Waals surface area contributed by atoms with Crippen molar-refractivity contribution in [2.75, 3.05) is 0 Å². The summed E-state index contributed by atoms with van der Waals surface area (Å²) in [6.45, 7) is 3.91. The fourth-order valence-corrected chi connectivity index (χ4v) is 2.66. The van der Waals surface area contributed by atoms with Crippen LogP contribution in [0.5, 0.6) is 0 Å². The molecule has 0 saturated heterocycles. The molecule has 21 heavy (non-hydrogen) atoms. The highest BCUT2D eigenvalue weighted by atomic mass is 35.5. The zero-order valence-electron chi connectivity index (χ0n) is 12.0. The summed E-state index contributed by atoms with van der Waals surface area (Å²) in [5, 5.41) is 1.25. The van der Waals surface area contributed by atoms with Crippen molar-refractivity contribution in [3.8, 4) is 11.1 Å². The number of pyridine rings is 3. The first-order valence-electron chi connectivity index (χ1n) is 6.56. The summed E-state index contributed by atoms with van der Waals surface area (Å²) in [6.07, 6.45) is 3.42. The van der Waals surface area contributed by atoms with Gasteiger partial charge in [0.2, 0.25) is 0 Å². The minimum Gasteiger partial charge on any atom is -0.311 e. The molecule has 5 heteroatoms. The Balaban J connectivity index is 2.36. The van der Waals surface area contributed by atoms with Gasteiger partial charge in [-0.25, -0.2) is 4.98 Å². The average Bonchev–Trinajstić information content (AvgIpc) is 2.44. The molecule has 3 rings (SSSR count). The summed E-state index contributed by atoms with van der Waals surface area (Å²) in [5.41, 5.74) is 4.13. The van der Waals surface area contributed by atoms with Gasteiger partial charge in [0, 0.05) is 41.6 Å². The molecule has 0 unspecified atom stereocenters. The Morgan fingerprint density at radius 1 is 1.05 bits per heavy atom. The maximum absolute atomic E-state index is 12.6. The molecule has 0 aliphatic heterocycles. The Hall–Kier alpha value is -2.20. The Morgan fingerprint density at radius 2 is 1.81 bits per heavy atom. The maximum Gasteiger partial charge on any atom is 0.258 e. The molecule has 3 aromatic heterocycles. The lowest BCUT2D eigenvalue weighted by molar-refractivity contribution is 0.906. The molecule has 0 saturated carbocycles. The Bertz CT molecular complexity index is 915. The highest BCUT2D eigenvalue weighted by Gasteiger charge is 2.12. The van der Waals surface area contributed by atoms with E-state index in [0.29, 0.717) is 10.7 Å². The summed E-state index contributed by atoms with van der Waals surface area (Å²) in [6, 6.07) is 5.52. The number of aromatic nitrogens is 3. The monoisotopic (exact) mass is 299 g/mol. The van der Waals surface area contributed by atoms with Gasteiger partial charge in [0.05, 0.1) is 5.52 Å². The minimum atomic E-state index is -0.0708. The van der Waals surface area contributed by atoms with Crippen LogP contribution in [0.2, 0.25) is 5.15 Å². The fourth-order valence-electron chi connectivity index (χ4n) is 2.51. The van der Waals surface area contributed by atoms with Gasteiger partial charge in [-0.3, -0.25) is 9.78 Å². The van der Waals surface area contributed by atoms with Crippen LogP contribution >= 0.6 is 11.6 Å². The predicted molar refractivity (Wildman–Crippen MR) is 84.7 cm³/mol. The second kappa shape index (κ2) is 4.97. The third-order valence-electron chi connectivity index (χ3n) is 3.61. The van der Waals surface area contributed by atoms with E-state index in [1.807, 2.05) is 26.0 Å². The molecule has 0 aromatic carbocycles. The van der Waals surface area contributed by atoms with E-state index in [-0.39, 0.29) is 5.56 Å². The van der Waals surface area contributed by atoms with Crippen molar-refractivity contribution in [2.24, 2.45) is 7.05 Å². The predicted octanol–water partition coefficient (Wildman–Crippen LogP) is 3.27. The van der Waals surface area contributed by atoms with Crippen LogP contribution in [0.3, 0.4) is 0 Å². The van der Waals surface area contributed by atoms with Crippen LogP contribution in [0, 0.1) is 13.8 Å². The lowest BCUT2D eigenvalue weighted by Crippen LogP contribution is -2.19. The van der Waals surface area contributed by atoms with Crippen molar-refractivity contribution in [3.63, 3.8) is 0 Å². The first-order chi connectivity index (χ1) is 9.97. The van der Waals surface area contributed by atoms with E-state index in [1.54, 1.807) is 30.1 Å². The third kappa shape index (κ3) is 2.32. The molecule has 0 atom stereocenters. The van der Waals surface area contributed by atoms with Crippen LogP contribution in [0.15, 0.2) is 35.4 Å². The standard InChI is InChI=1S/C16H14ClN3O/c1-9-4-10(2)18-8-13(9)12-5-11-7-19-15(17)6-14(11)20(3)16(12)21/h4-8H,1-3H3. The molecule has 0 aliphatic rings. The number of halogens is 1. The molecule has 0 amide bonds. The lowest BCUT2D eigenvalue weighted by Gasteiger charge is -2.11. The van der Waals surface area contributed by atoms with Gasteiger partial charge in [0.25, 0.3) is 5.56 Å². The molecule has 0 fully saturated rings. The number of aryl methyl sites for hydroxylation is 3. The lowest BCUT2D eigenvalue weighted by atomic mass is 10.0. The quantitative estimate of drug-likeness (QED) is 0.648. The Morgan fingerprint density at radius 3 is 2.52 bits per heavy atom. The molecule has 106 valence electrons. The van der Waals surface area contributed by atoms with E-state index in [2.05, 4.69) is 9.97 Å². The normalized spacial score (nSPS) is 11.0. The van der Waals surface area contributed by atoms with Gasteiger partial charge < -0.3 is 4.57 Å². The molecule has 0 bridgehead atoms. The van der Waals surface area contributed by atoms with E-state index in [4.69, 9.17) is 11.6 Å². The number of hydrogen-bond donors (Lipinski definition) is 0. The molecule has 3 heterocycles. The van der Waals surface area contributed by atoms with E-state index < -0.39 is 0 Å². The van der Waals surface area contributed by atoms with Crippen molar-refractivity contribution in [1.29, 1.82) is 0 Å². The van der Waals surface area contributed by atoms with E-state index in [0.717, 1.165) is 27.7 Å². The van der Waals surface area contributed by atoms with Crippen molar-refractivity contribution in [1.82, 2.24) is 14.5 Å². The van der Waals surface area contributed by atoms with Crippen LogP contribution in [-0.4, -0.2) is 14.5 Å². The zero-order valence-corrected chi connectivity index (χ0v) is 12.8. The summed E-state index contributed by atoms with van der Waals surface area (Å²) >= 11 is 5.91. The molecule has 0 spiro atoms. The van der Waals surface area contributed by atoms with Crippen molar-refractivity contribution in [2.45, 2.75) is 13.8 Å². The summed E-state index contributed by atoms with van der Waals surface area (Å²) in [7, 11) is 1.74. The van der Waals surface area contributed by atoms with Gasteiger partial charge in [-0.05, 0) is 37.6 Å². The van der Waals surface area contributed by atoms with Crippen LogP contribution in [-0.2, 0) is 7.05 Å². The molecular formula is C16H14ClN3O. The maximum atomic E-state index is 12.6. The topological polar surface area (TPSA) is 47.8 Å². The minimum absolute atomic E-state index is 0.0708. The Labute approximate surface area is 127 Å². The van der Waals surface area contributed by atoms with Gasteiger partial charge in [-0.15, -0.1) is 0 Å². The second-order valence-corrected chi connectivity index (χ2v) is 5.52. The zero-order chi connectivity index (χ0) is 15.1. The largest absolute Gasteiger partial charge is 0.311 e.